The van der Waals surface area contributed by atoms with Crippen molar-refractivity contribution in [1.82, 2.24) is 4.31 Å². The molecule has 110 valence electrons. The van der Waals surface area contributed by atoms with E-state index in [2.05, 4.69) is 0 Å². The van der Waals surface area contributed by atoms with Crippen LogP contribution in [0.15, 0.2) is 23.1 Å². The van der Waals surface area contributed by atoms with Crippen LogP contribution in [0.3, 0.4) is 0 Å². The van der Waals surface area contributed by atoms with E-state index >= 15 is 0 Å². The molecule has 0 radical (unpaired) electrons. The number of hydrogen-bond donors (Lipinski definition) is 1. The van der Waals surface area contributed by atoms with Crippen LogP contribution in [0.4, 0.5) is 5.69 Å². The van der Waals surface area contributed by atoms with E-state index in [-0.39, 0.29) is 22.9 Å². The summed E-state index contributed by atoms with van der Waals surface area (Å²) in [6.45, 7) is 0.818. The van der Waals surface area contributed by atoms with Gasteiger partial charge in [0.2, 0.25) is 10.0 Å². The molecule has 1 aromatic rings. The molecule has 2 aliphatic rings. The molecular weight excluding hydrogens is 280 g/mol. The molecule has 2 bridgehead atoms. The van der Waals surface area contributed by atoms with Gasteiger partial charge >= 0.3 is 0 Å². The van der Waals surface area contributed by atoms with Gasteiger partial charge < -0.3 is 15.2 Å². The minimum absolute atomic E-state index is 0.0169. The van der Waals surface area contributed by atoms with Crippen LogP contribution in [-0.4, -0.2) is 45.1 Å². The van der Waals surface area contributed by atoms with E-state index in [1.54, 1.807) is 6.07 Å². The highest BCUT2D eigenvalue weighted by atomic mass is 32.2. The number of nitrogens with two attached hydrogens (primary N) is 1. The summed E-state index contributed by atoms with van der Waals surface area (Å²) in [5.74, 6) is 0.281. The first-order valence-corrected chi connectivity index (χ1v) is 8.04. The van der Waals surface area contributed by atoms with E-state index in [0.717, 1.165) is 12.8 Å². The number of anilines is 1. The molecule has 2 aliphatic heterocycles. The van der Waals surface area contributed by atoms with Crippen LogP contribution >= 0.6 is 0 Å². The van der Waals surface area contributed by atoms with Gasteiger partial charge in [0.05, 0.1) is 19.3 Å². The van der Waals surface area contributed by atoms with Crippen molar-refractivity contribution in [1.29, 1.82) is 0 Å². The van der Waals surface area contributed by atoms with E-state index in [0.29, 0.717) is 18.8 Å². The SMILES string of the molecule is COc1cc(N)ccc1S(=O)(=O)N1CC2CCC(C1)O2. The first kappa shape index (κ1) is 13.7. The first-order valence-electron chi connectivity index (χ1n) is 6.60. The fraction of sp³-hybridized carbons (Fsp3) is 0.538. The number of methoxy groups -OCH3 is 1. The monoisotopic (exact) mass is 298 g/mol. The minimum Gasteiger partial charge on any atom is -0.495 e. The highest BCUT2D eigenvalue weighted by molar-refractivity contribution is 7.89. The van der Waals surface area contributed by atoms with Gasteiger partial charge in [0.1, 0.15) is 10.6 Å². The third-order valence-electron chi connectivity index (χ3n) is 3.82. The van der Waals surface area contributed by atoms with Gasteiger partial charge in [-0.25, -0.2) is 8.42 Å². The molecule has 0 spiro atoms. The molecule has 2 unspecified atom stereocenters. The fourth-order valence-electron chi connectivity index (χ4n) is 2.81. The highest BCUT2D eigenvalue weighted by Crippen LogP contribution is 2.33. The van der Waals surface area contributed by atoms with Crippen molar-refractivity contribution >= 4 is 15.7 Å². The number of benzene rings is 1. The zero-order chi connectivity index (χ0) is 14.3. The molecule has 6 nitrogen and oxygen atoms in total. The second-order valence-electron chi connectivity index (χ2n) is 5.19. The molecule has 0 aliphatic carbocycles. The van der Waals surface area contributed by atoms with Crippen LogP contribution < -0.4 is 10.5 Å². The van der Waals surface area contributed by atoms with E-state index in [1.165, 1.54) is 23.5 Å². The van der Waals surface area contributed by atoms with Crippen molar-refractivity contribution in [2.24, 2.45) is 0 Å². The standard InChI is InChI=1S/C13H18N2O4S/c1-18-12-6-9(14)2-5-13(12)20(16,17)15-7-10-3-4-11(8-15)19-10/h2,5-6,10-11H,3-4,7-8,14H2,1H3. The lowest BCUT2D eigenvalue weighted by atomic mass is 10.2. The number of sulfonamides is 1. The van der Waals surface area contributed by atoms with Crippen molar-refractivity contribution in [3.05, 3.63) is 18.2 Å². The third-order valence-corrected chi connectivity index (χ3v) is 5.69. The summed E-state index contributed by atoms with van der Waals surface area (Å²) in [6, 6.07) is 4.60. The Morgan fingerprint density at radius 1 is 1.30 bits per heavy atom. The molecule has 7 heteroatoms. The quantitative estimate of drug-likeness (QED) is 0.836. The van der Waals surface area contributed by atoms with Crippen molar-refractivity contribution in [3.8, 4) is 5.75 Å². The van der Waals surface area contributed by atoms with E-state index < -0.39 is 10.0 Å². The predicted molar refractivity (Wildman–Crippen MR) is 74.1 cm³/mol. The van der Waals surface area contributed by atoms with Gasteiger partial charge in [-0.15, -0.1) is 0 Å². The van der Waals surface area contributed by atoms with Crippen LogP contribution in [-0.2, 0) is 14.8 Å². The summed E-state index contributed by atoms with van der Waals surface area (Å²) in [7, 11) is -2.13. The Labute approximate surface area is 118 Å². The minimum atomic E-state index is -3.57. The summed E-state index contributed by atoms with van der Waals surface area (Å²) in [6.07, 6.45) is 1.89. The smallest absolute Gasteiger partial charge is 0.246 e. The lowest BCUT2D eigenvalue weighted by Gasteiger charge is -2.31. The average molecular weight is 298 g/mol. The Kier molecular flexibility index (Phi) is 3.35. The molecule has 0 saturated carbocycles. The lowest BCUT2D eigenvalue weighted by molar-refractivity contribution is -0.0115. The summed E-state index contributed by atoms with van der Waals surface area (Å²) < 4.78 is 37.8. The number of fused-ring (bicyclic) bond motifs is 2. The number of hydrogen-bond acceptors (Lipinski definition) is 5. The molecule has 0 amide bonds. The van der Waals surface area contributed by atoms with Gasteiger partial charge in [-0.05, 0) is 25.0 Å². The summed E-state index contributed by atoms with van der Waals surface area (Å²) in [5, 5.41) is 0. The van der Waals surface area contributed by atoms with Crippen LogP contribution in [0, 0.1) is 0 Å². The summed E-state index contributed by atoms with van der Waals surface area (Å²) in [5.41, 5.74) is 6.15. The molecule has 2 saturated heterocycles. The van der Waals surface area contributed by atoms with Gasteiger partial charge in [0.15, 0.2) is 0 Å². The predicted octanol–water partition coefficient (Wildman–Crippen LogP) is 0.829. The molecular formula is C13H18N2O4S. The fourth-order valence-corrected chi connectivity index (χ4v) is 4.45. The topological polar surface area (TPSA) is 81.9 Å². The third kappa shape index (κ3) is 2.25. The zero-order valence-corrected chi connectivity index (χ0v) is 12.1. The van der Waals surface area contributed by atoms with E-state index in [1.807, 2.05) is 0 Å². The number of morpholine rings is 1. The molecule has 2 atom stereocenters. The van der Waals surface area contributed by atoms with Crippen LogP contribution in [0.25, 0.3) is 0 Å². The van der Waals surface area contributed by atoms with Crippen LogP contribution in [0.2, 0.25) is 0 Å². The zero-order valence-electron chi connectivity index (χ0n) is 11.3. The van der Waals surface area contributed by atoms with E-state index in [9.17, 15) is 8.42 Å². The molecule has 20 heavy (non-hydrogen) atoms. The molecule has 2 heterocycles. The Hall–Kier alpha value is -1.31. The maximum absolute atomic E-state index is 12.7. The highest BCUT2D eigenvalue weighted by Gasteiger charge is 2.40. The molecule has 1 aromatic carbocycles. The second kappa shape index (κ2) is 4.91. The van der Waals surface area contributed by atoms with Crippen molar-refractivity contribution in [2.45, 2.75) is 29.9 Å². The maximum Gasteiger partial charge on any atom is 0.246 e. The van der Waals surface area contributed by atoms with Gasteiger partial charge in [-0.2, -0.15) is 4.31 Å². The molecule has 3 rings (SSSR count). The molecule has 2 N–H and O–H groups in total. The molecule has 0 aromatic heterocycles. The van der Waals surface area contributed by atoms with Gasteiger partial charge in [0.25, 0.3) is 0 Å². The Balaban J connectivity index is 1.96. The first-order chi connectivity index (χ1) is 9.50. The molecule has 2 fully saturated rings. The van der Waals surface area contributed by atoms with E-state index in [4.69, 9.17) is 15.2 Å². The Morgan fingerprint density at radius 2 is 1.95 bits per heavy atom. The van der Waals surface area contributed by atoms with Crippen LogP contribution in [0.5, 0.6) is 5.75 Å². The number of rotatable bonds is 3. The van der Waals surface area contributed by atoms with Crippen molar-refractivity contribution < 1.29 is 17.9 Å². The lowest BCUT2D eigenvalue weighted by Crippen LogP contribution is -2.45. The average Bonchev–Trinajstić information content (AvgIpc) is 2.76. The van der Waals surface area contributed by atoms with Crippen molar-refractivity contribution in [2.75, 3.05) is 25.9 Å². The number of nitrogens with zero attached hydrogens (tertiary/aromatic N) is 1. The largest absolute Gasteiger partial charge is 0.495 e. The Morgan fingerprint density at radius 3 is 2.55 bits per heavy atom. The Bertz CT molecular complexity index is 605. The number of ether oxygens (including phenoxy) is 2. The normalized spacial score (nSPS) is 26.6. The van der Waals surface area contributed by atoms with Crippen LogP contribution in [0.1, 0.15) is 12.8 Å². The summed E-state index contributed by atoms with van der Waals surface area (Å²) >= 11 is 0. The van der Waals surface area contributed by atoms with Gasteiger partial charge in [-0.1, -0.05) is 0 Å². The summed E-state index contributed by atoms with van der Waals surface area (Å²) in [4.78, 5) is 0.163. The van der Waals surface area contributed by atoms with Crippen molar-refractivity contribution in [3.63, 3.8) is 0 Å². The number of nitrogen functional groups attached to an aromatic ring is 1. The van der Waals surface area contributed by atoms with Gasteiger partial charge in [0, 0.05) is 24.8 Å². The maximum atomic E-state index is 12.7. The van der Waals surface area contributed by atoms with Gasteiger partial charge in [-0.3, -0.25) is 0 Å². The second-order valence-corrected chi connectivity index (χ2v) is 7.10.